The fourth-order valence-electron chi connectivity index (χ4n) is 2.98. The van der Waals surface area contributed by atoms with Crippen LogP contribution in [0.15, 0.2) is 67.1 Å². The topological polar surface area (TPSA) is 79.8 Å². The minimum Gasteiger partial charge on any atom is -0.324 e. The Kier molecular flexibility index (Phi) is 4.68. The van der Waals surface area contributed by atoms with Crippen LogP contribution in [-0.2, 0) is 0 Å². The van der Waals surface area contributed by atoms with Gasteiger partial charge in [-0.25, -0.2) is 9.97 Å². The number of nitrogens with zero attached hydrogens (tertiary/aromatic N) is 3. The van der Waals surface area contributed by atoms with E-state index < -0.39 is 0 Å². The summed E-state index contributed by atoms with van der Waals surface area (Å²) in [6, 6.07) is 15.6. The molecule has 0 aliphatic carbocycles. The SMILES string of the molecule is Cc1ccc(Nc2ncc(C(=O)Nc3cccc4cccnc34)cn2)c(C)c1. The highest BCUT2D eigenvalue weighted by Gasteiger charge is 2.11. The normalized spacial score (nSPS) is 10.6. The van der Waals surface area contributed by atoms with E-state index in [4.69, 9.17) is 0 Å². The molecule has 1 amide bonds. The number of benzene rings is 2. The highest BCUT2D eigenvalue weighted by molar-refractivity contribution is 6.08. The standard InChI is InChI=1S/C22H19N5O/c1-14-8-9-18(15(2)11-14)27-22-24-12-17(13-25-22)21(28)26-19-7-3-5-16-6-4-10-23-20(16)19/h3-13H,1-2H3,(H,26,28)(H,24,25,27). The second-order valence-corrected chi connectivity index (χ2v) is 6.57. The van der Waals surface area contributed by atoms with Crippen molar-refractivity contribution in [2.75, 3.05) is 10.6 Å². The van der Waals surface area contributed by atoms with Crippen LogP contribution >= 0.6 is 0 Å². The highest BCUT2D eigenvalue weighted by atomic mass is 16.1. The first kappa shape index (κ1) is 17.6. The van der Waals surface area contributed by atoms with Crippen LogP contribution in [0.5, 0.6) is 0 Å². The van der Waals surface area contributed by atoms with Gasteiger partial charge in [0.15, 0.2) is 0 Å². The first-order chi connectivity index (χ1) is 13.6. The van der Waals surface area contributed by atoms with E-state index in [1.54, 1.807) is 6.20 Å². The van der Waals surface area contributed by atoms with Gasteiger partial charge in [-0.15, -0.1) is 0 Å². The molecule has 0 saturated carbocycles. The van der Waals surface area contributed by atoms with Crippen molar-refractivity contribution in [1.29, 1.82) is 0 Å². The average Bonchev–Trinajstić information content (AvgIpc) is 2.71. The smallest absolute Gasteiger partial charge is 0.258 e. The van der Waals surface area contributed by atoms with E-state index in [0.717, 1.165) is 22.2 Å². The van der Waals surface area contributed by atoms with Crippen molar-refractivity contribution in [2.45, 2.75) is 13.8 Å². The van der Waals surface area contributed by atoms with Crippen LogP contribution < -0.4 is 10.6 Å². The van der Waals surface area contributed by atoms with Gasteiger partial charge in [-0.05, 0) is 37.6 Å². The summed E-state index contributed by atoms with van der Waals surface area (Å²) in [6.07, 6.45) is 4.72. The quantitative estimate of drug-likeness (QED) is 0.548. The number of hydrogen-bond acceptors (Lipinski definition) is 5. The van der Waals surface area contributed by atoms with Crippen LogP contribution in [0.25, 0.3) is 10.9 Å². The van der Waals surface area contributed by atoms with E-state index in [1.807, 2.05) is 56.3 Å². The molecule has 138 valence electrons. The number of amides is 1. The van der Waals surface area contributed by atoms with E-state index in [-0.39, 0.29) is 5.91 Å². The zero-order chi connectivity index (χ0) is 19.5. The third-order valence-electron chi connectivity index (χ3n) is 4.42. The first-order valence-corrected chi connectivity index (χ1v) is 8.91. The van der Waals surface area contributed by atoms with E-state index in [0.29, 0.717) is 17.2 Å². The maximum Gasteiger partial charge on any atom is 0.258 e. The molecule has 0 aliphatic heterocycles. The Labute approximate surface area is 162 Å². The number of carbonyl (C=O) groups is 1. The molecule has 0 unspecified atom stereocenters. The number of para-hydroxylation sites is 1. The van der Waals surface area contributed by atoms with E-state index in [9.17, 15) is 4.79 Å². The van der Waals surface area contributed by atoms with Gasteiger partial charge in [-0.1, -0.05) is 35.9 Å². The van der Waals surface area contributed by atoms with Crippen molar-refractivity contribution in [3.63, 3.8) is 0 Å². The maximum atomic E-state index is 12.6. The molecular formula is C22H19N5O. The number of anilines is 3. The highest BCUT2D eigenvalue weighted by Crippen LogP contribution is 2.22. The predicted molar refractivity (Wildman–Crippen MR) is 111 cm³/mol. The lowest BCUT2D eigenvalue weighted by molar-refractivity contribution is 0.102. The summed E-state index contributed by atoms with van der Waals surface area (Å²) in [4.78, 5) is 25.5. The third kappa shape index (κ3) is 3.66. The lowest BCUT2D eigenvalue weighted by Gasteiger charge is -2.10. The van der Waals surface area contributed by atoms with Crippen molar-refractivity contribution >= 4 is 34.1 Å². The van der Waals surface area contributed by atoms with Crippen LogP contribution in [0.4, 0.5) is 17.3 Å². The molecule has 2 heterocycles. The van der Waals surface area contributed by atoms with E-state index in [2.05, 4.69) is 31.7 Å². The maximum absolute atomic E-state index is 12.6. The zero-order valence-electron chi connectivity index (χ0n) is 15.6. The molecule has 0 radical (unpaired) electrons. The Morgan fingerprint density at radius 1 is 0.893 bits per heavy atom. The van der Waals surface area contributed by atoms with E-state index >= 15 is 0 Å². The summed E-state index contributed by atoms with van der Waals surface area (Å²) in [6.45, 7) is 4.07. The Hall–Kier alpha value is -3.80. The molecule has 28 heavy (non-hydrogen) atoms. The van der Waals surface area contributed by atoms with Crippen molar-refractivity contribution in [3.05, 3.63) is 83.8 Å². The third-order valence-corrected chi connectivity index (χ3v) is 4.42. The molecule has 0 saturated heterocycles. The first-order valence-electron chi connectivity index (χ1n) is 8.91. The van der Waals surface area contributed by atoms with Gasteiger partial charge in [0.1, 0.15) is 0 Å². The number of aryl methyl sites for hydroxylation is 2. The number of hydrogen-bond donors (Lipinski definition) is 2. The molecule has 6 heteroatoms. The summed E-state index contributed by atoms with van der Waals surface area (Å²) < 4.78 is 0. The van der Waals surface area contributed by atoms with Crippen molar-refractivity contribution in [1.82, 2.24) is 15.0 Å². The zero-order valence-corrected chi connectivity index (χ0v) is 15.6. The fourth-order valence-corrected chi connectivity index (χ4v) is 2.98. The number of aromatic nitrogens is 3. The number of carbonyl (C=O) groups excluding carboxylic acids is 1. The second kappa shape index (κ2) is 7.44. The largest absolute Gasteiger partial charge is 0.324 e. The van der Waals surface area contributed by atoms with Crippen LogP contribution in [0.2, 0.25) is 0 Å². The van der Waals surface area contributed by atoms with Gasteiger partial charge in [-0.2, -0.15) is 0 Å². The Morgan fingerprint density at radius 3 is 2.46 bits per heavy atom. The van der Waals surface area contributed by atoms with Gasteiger partial charge in [-0.3, -0.25) is 9.78 Å². The van der Waals surface area contributed by atoms with Crippen LogP contribution in [-0.4, -0.2) is 20.9 Å². The Balaban J connectivity index is 1.51. The predicted octanol–water partition coefficient (Wildman–Crippen LogP) is 4.64. The Morgan fingerprint density at radius 2 is 1.68 bits per heavy atom. The van der Waals surface area contributed by atoms with Crippen LogP contribution in [0, 0.1) is 13.8 Å². The number of rotatable bonds is 4. The molecule has 0 aliphatic rings. The molecule has 0 spiro atoms. The summed E-state index contributed by atoms with van der Waals surface area (Å²) in [5.41, 5.74) is 5.00. The second-order valence-electron chi connectivity index (χ2n) is 6.57. The van der Waals surface area contributed by atoms with Crippen LogP contribution in [0.1, 0.15) is 21.5 Å². The molecule has 0 fully saturated rings. The molecule has 4 rings (SSSR count). The molecule has 6 nitrogen and oxygen atoms in total. The van der Waals surface area contributed by atoms with Gasteiger partial charge in [0.2, 0.25) is 5.95 Å². The van der Waals surface area contributed by atoms with Crippen molar-refractivity contribution < 1.29 is 4.79 Å². The van der Waals surface area contributed by atoms with Gasteiger partial charge in [0, 0.05) is 29.7 Å². The van der Waals surface area contributed by atoms with Gasteiger partial charge < -0.3 is 10.6 Å². The summed E-state index contributed by atoms with van der Waals surface area (Å²) in [5, 5.41) is 7.02. The molecule has 0 bridgehead atoms. The summed E-state index contributed by atoms with van der Waals surface area (Å²) in [5.74, 6) is 0.159. The molecule has 2 aromatic carbocycles. The number of nitrogens with one attached hydrogen (secondary N) is 2. The lowest BCUT2D eigenvalue weighted by atomic mass is 10.1. The fraction of sp³-hybridized carbons (Fsp3) is 0.0909. The van der Waals surface area contributed by atoms with E-state index in [1.165, 1.54) is 18.0 Å². The lowest BCUT2D eigenvalue weighted by Crippen LogP contribution is -2.13. The molecule has 2 N–H and O–H groups in total. The monoisotopic (exact) mass is 369 g/mol. The molecular weight excluding hydrogens is 350 g/mol. The van der Waals surface area contributed by atoms with Gasteiger partial charge >= 0.3 is 0 Å². The average molecular weight is 369 g/mol. The van der Waals surface area contributed by atoms with Crippen molar-refractivity contribution in [3.8, 4) is 0 Å². The number of fused-ring (bicyclic) bond motifs is 1. The van der Waals surface area contributed by atoms with Gasteiger partial charge in [0.25, 0.3) is 5.91 Å². The minimum atomic E-state index is -0.281. The number of pyridine rings is 1. The molecule has 4 aromatic rings. The molecule has 2 aromatic heterocycles. The summed E-state index contributed by atoms with van der Waals surface area (Å²) in [7, 11) is 0. The minimum absolute atomic E-state index is 0.281. The summed E-state index contributed by atoms with van der Waals surface area (Å²) >= 11 is 0. The molecule has 0 atom stereocenters. The van der Waals surface area contributed by atoms with Crippen molar-refractivity contribution in [2.24, 2.45) is 0 Å². The Bertz CT molecular complexity index is 1150. The van der Waals surface area contributed by atoms with Crippen LogP contribution in [0.3, 0.4) is 0 Å². The van der Waals surface area contributed by atoms with Gasteiger partial charge in [0.05, 0.1) is 16.8 Å².